The number of aromatic nitrogens is 1. The Balaban J connectivity index is 2.05. The number of carbonyl (C=O) groups excluding carboxylic acids is 1. The zero-order valence-corrected chi connectivity index (χ0v) is 10.6. The Morgan fingerprint density at radius 3 is 2.88 bits per heavy atom. The van der Waals surface area contributed by atoms with Crippen molar-refractivity contribution >= 4 is 15.8 Å². The van der Waals surface area contributed by atoms with E-state index in [1.807, 2.05) is 16.8 Å². The van der Waals surface area contributed by atoms with Crippen LogP contribution in [0.5, 0.6) is 0 Å². The molecule has 0 amide bonds. The van der Waals surface area contributed by atoms with Crippen LogP contribution < -0.4 is 4.72 Å². The fourth-order valence-electron chi connectivity index (χ4n) is 2.15. The lowest BCUT2D eigenvalue weighted by molar-refractivity contribution is 0.0971. The summed E-state index contributed by atoms with van der Waals surface area (Å²) in [6.07, 6.45) is 5.40. The second kappa shape index (κ2) is 4.62. The Labute approximate surface area is 101 Å². The molecule has 0 unspecified atom stereocenters. The number of hydrogen-bond donors (Lipinski definition) is 1. The summed E-state index contributed by atoms with van der Waals surface area (Å²) < 4.78 is 26.3. The third-order valence-electron chi connectivity index (χ3n) is 2.91. The van der Waals surface area contributed by atoms with Gasteiger partial charge in [0.25, 0.3) is 0 Å². The number of fused-ring (bicyclic) bond motifs is 1. The second-order valence-corrected chi connectivity index (χ2v) is 6.15. The largest absolute Gasteiger partial charge is 0.349 e. The number of Topliss-reactive ketones (excluding diaryl/α,β-unsaturated/α-hetero) is 1. The van der Waals surface area contributed by atoms with Gasteiger partial charge in [-0.05, 0) is 18.9 Å². The highest BCUT2D eigenvalue weighted by molar-refractivity contribution is 7.88. The first kappa shape index (κ1) is 12.3. The summed E-state index contributed by atoms with van der Waals surface area (Å²) in [5.41, 5.74) is 1.84. The Morgan fingerprint density at radius 1 is 1.41 bits per heavy atom. The van der Waals surface area contributed by atoms with Gasteiger partial charge in [-0.1, -0.05) is 0 Å². The van der Waals surface area contributed by atoms with Crippen molar-refractivity contribution in [1.82, 2.24) is 9.29 Å². The van der Waals surface area contributed by atoms with Crippen molar-refractivity contribution in [2.45, 2.75) is 25.8 Å². The van der Waals surface area contributed by atoms with Gasteiger partial charge < -0.3 is 4.57 Å². The lowest BCUT2D eigenvalue weighted by Crippen LogP contribution is -2.26. The van der Waals surface area contributed by atoms with Crippen molar-refractivity contribution in [3.8, 4) is 0 Å². The van der Waals surface area contributed by atoms with Gasteiger partial charge in [-0.15, -0.1) is 0 Å². The molecular formula is C11H16N2O3S. The third kappa shape index (κ3) is 2.95. The Morgan fingerprint density at radius 2 is 2.18 bits per heavy atom. The number of carbonyl (C=O) groups is 1. The van der Waals surface area contributed by atoms with Gasteiger partial charge in [0, 0.05) is 37.0 Å². The van der Waals surface area contributed by atoms with E-state index in [1.165, 1.54) is 0 Å². The van der Waals surface area contributed by atoms with Crippen LogP contribution in [-0.2, 0) is 23.0 Å². The van der Waals surface area contributed by atoms with Gasteiger partial charge in [0.05, 0.1) is 6.26 Å². The van der Waals surface area contributed by atoms with Crippen LogP contribution in [0.15, 0.2) is 12.3 Å². The van der Waals surface area contributed by atoms with Crippen LogP contribution in [0, 0.1) is 0 Å². The van der Waals surface area contributed by atoms with E-state index in [-0.39, 0.29) is 5.78 Å². The van der Waals surface area contributed by atoms with Gasteiger partial charge in [0.15, 0.2) is 5.78 Å². The van der Waals surface area contributed by atoms with E-state index in [0.29, 0.717) is 19.5 Å². The topological polar surface area (TPSA) is 68.2 Å². The van der Waals surface area contributed by atoms with E-state index in [9.17, 15) is 13.2 Å². The van der Waals surface area contributed by atoms with Crippen LogP contribution in [0.3, 0.4) is 0 Å². The minimum absolute atomic E-state index is 0.195. The van der Waals surface area contributed by atoms with E-state index in [1.54, 1.807) is 0 Å². The molecule has 0 fully saturated rings. The number of hydrogen-bond acceptors (Lipinski definition) is 3. The number of ketones is 1. The van der Waals surface area contributed by atoms with E-state index < -0.39 is 10.0 Å². The Kier molecular flexibility index (Phi) is 3.35. The first-order valence-corrected chi connectivity index (χ1v) is 7.52. The zero-order valence-electron chi connectivity index (χ0n) is 9.77. The highest BCUT2D eigenvalue weighted by Gasteiger charge is 2.20. The van der Waals surface area contributed by atoms with Gasteiger partial charge in [-0.3, -0.25) is 4.79 Å². The van der Waals surface area contributed by atoms with E-state index in [4.69, 9.17) is 0 Å². The molecule has 17 heavy (non-hydrogen) atoms. The van der Waals surface area contributed by atoms with Gasteiger partial charge in [0.1, 0.15) is 0 Å². The highest BCUT2D eigenvalue weighted by atomic mass is 32.2. The molecule has 5 nitrogen and oxygen atoms in total. The average molecular weight is 256 g/mol. The lowest BCUT2D eigenvalue weighted by atomic mass is 9.97. The molecule has 1 aromatic heterocycles. The maximum atomic E-state index is 11.6. The first-order valence-electron chi connectivity index (χ1n) is 5.63. The van der Waals surface area contributed by atoms with Gasteiger partial charge in [-0.25, -0.2) is 13.1 Å². The van der Waals surface area contributed by atoms with Crippen molar-refractivity contribution < 1.29 is 13.2 Å². The van der Waals surface area contributed by atoms with E-state index >= 15 is 0 Å². The average Bonchev–Trinajstić information content (AvgIpc) is 2.61. The third-order valence-corrected chi connectivity index (χ3v) is 3.64. The standard InChI is InChI=1S/C11H16N2O3S/c1-17(15,16)12-6-8-13-7-5-9-10(13)3-2-4-11(9)14/h5,7,12H,2-4,6,8H2,1H3. The second-order valence-electron chi connectivity index (χ2n) is 4.31. The molecule has 1 aliphatic carbocycles. The molecule has 0 spiro atoms. The Bertz CT molecular complexity index is 531. The van der Waals surface area contributed by atoms with Crippen molar-refractivity contribution in [1.29, 1.82) is 0 Å². The molecule has 2 rings (SSSR count). The van der Waals surface area contributed by atoms with Crippen molar-refractivity contribution in [3.05, 3.63) is 23.5 Å². The number of rotatable bonds is 4. The van der Waals surface area contributed by atoms with Crippen LogP contribution in [-0.4, -0.2) is 31.6 Å². The summed E-state index contributed by atoms with van der Waals surface area (Å²) in [6, 6.07) is 1.83. The molecule has 1 N–H and O–H groups in total. The minimum atomic E-state index is -3.14. The summed E-state index contributed by atoms with van der Waals surface area (Å²) in [6.45, 7) is 0.920. The SMILES string of the molecule is CS(=O)(=O)NCCn1ccc2c1CCCC2=O. The van der Waals surface area contributed by atoms with Crippen molar-refractivity contribution in [3.63, 3.8) is 0 Å². The molecule has 0 radical (unpaired) electrons. The van der Waals surface area contributed by atoms with Crippen molar-refractivity contribution in [2.24, 2.45) is 0 Å². The molecule has 0 atom stereocenters. The quantitative estimate of drug-likeness (QED) is 0.855. The fourth-order valence-corrected chi connectivity index (χ4v) is 2.61. The van der Waals surface area contributed by atoms with Gasteiger partial charge >= 0.3 is 0 Å². The number of sulfonamides is 1. The molecule has 94 valence electrons. The first-order chi connectivity index (χ1) is 7.97. The summed E-state index contributed by atoms with van der Waals surface area (Å²) in [4.78, 5) is 11.6. The van der Waals surface area contributed by atoms with Crippen LogP contribution in [0.2, 0.25) is 0 Å². The maximum Gasteiger partial charge on any atom is 0.208 e. The van der Waals surface area contributed by atoms with Crippen molar-refractivity contribution in [2.75, 3.05) is 12.8 Å². The molecule has 0 bridgehead atoms. The smallest absolute Gasteiger partial charge is 0.208 e. The van der Waals surface area contributed by atoms with Crippen LogP contribution in [0.4, 0.5) is 0 Å². The molecule has 0 aliphatic heterocycles. The molecular weight excluding hydrogens is 240 g/mol. The molecule has 0 aromatic carbocycles. The van der Waals surface area contributed by atoms with Crippen LogP contribution in [0.1, 0.15) is 28.9 Å². The monoisotopic (exact) mass is 256 g/mol. The maximum absolute atomic E-state index is 11.6. The summed E-state index contributed by atoms with van der Waals surface area (Å²) in [5, 5.41) is 0. The lowest BCUT2D eigenvalue weighted by Gasteiger charge is -2.14. The Hall–Kier alpha value is -1.14. The summed E-state index contributed by atoms with van der Waals surface area (Å²) >= 11 is 0. The molecule has 1 heterocycles. The molecule has 1 aliphatic rings. The number of nitrogens with zero attached hydrogens (tertiary/aromatic N) is 1. The minimum Gasteiger partial charge on any atom is -0.349 e. The fraction of sp³-hybridized carbons (Fsp3) is 0.545. The molecule has 0 saturated heterocycles. The van der Waals surface area contributed by atoms with E-state index in [2.05, 4.69) is 4.72 Å². The van der Waals surface area contributed by atoms with Crippen LogP contribution >= 0.6 is 0 Å². The summed E-state index contributed by atoms with van der Waals surface area (Å²) in [5.74, 6) is 0.195. The normalized spacial score (nSPS) is 15.9. The number of nitrogens with one attached hydrogen (secondary N) is 1. The predicted molar refractivity (Wildman–Crippen MR) is 64.5 cm³/mol. The molecule has 1 aromatic rings. The van der Waals surface area contributed by atoms with Gasteiger partial charge in [-0.2, -0.15) is 0 Å². The predicted octanol–water partition coefficient (Wildman–Crippen LogP) is 0.556. The summed E-state index contributed by atoms with van der Waals surface area (Å²) in [7, 11) is -3.14. The zero-order chi connectivity index (χ0) is 12.5. The van der Waals surface area contributed by atoms with Crippen LogP contribution in [0.25, 0.3) is 0 Å². The van der Waals surface area contributed by atoms with Gasteiger partial charge in [0.2, 0.25) is 10.0 Å². The molecule has 6 heteroatoms. The van der Waals surface area contributed by atoms with E-state index in [0.717, 1.165) is 30.4 Å². The highest BCUT2D eigenvalue weighted by Crippen LogP contribution is 2.21. The molecule has 0 saturated carbocycles.